The third-order valence-electron chi connectivity index (χ3n) is 6.01. The molecule has 3 aromatic rings. The first kappa shape index (κ1) is 19.5. The molecule has 1 aromatic heterocycles. The molecular weight excluding hydrogens is 418 g/mol. The van der Waals surface area contributed by atoms with Gasteiger partial charge in [-0.25, -0.2) is 4.98 Å². The number of thiazole rings is 1. The summed E-state index contributed by atoms with van der Waals surface area (Å²) < 4.78 is 1.15. The lowest BCUT2D eigenvalue weighted by molar-refractivity contribution is -0.136. The standard InChI is InChI=1S/C23H22ClN3O2S/c24-17-7-2-1-6-15(17)13-26-14-16(12-21(26)28)23(29)27-11-5-9-19(27)22-25-18-8-3-4-10-20(18)30-22/h1-4,6-8,10,16,19H,5,9,11-14H2/t16-,19+/m1/s1. The van der Waals surface area contributed by atoms with E-state index in [-0.39, 0.29) is 30.2 Å². The molecule has 2 saturated heterocycles. The summed E-state index contributed by atoms with van der Waals surface area (Å²) >= 11 is 7.92. The van der Waals surface area contributed by atoms with Crippen LogP contribution in [0.15, 0.2) is 48.5 Å². The molecule has 2 aliphatic rings. The number of likely N-dealkylation sites (tertiary alicyclic amines) is 2. The minimum absolute atomic E-state index is 0.0163. The number of amides is 2. The van der Waals surface area contributed by atoms with Crippen LogP contribution in [0.4, 0.5) is 0 Å². The van der Waals surface area contributed by atoms with Crippen molar-refractivity contribution in [1.29, 1.82) is 0 Å². The highest BCUT2D eigenvalue weighted by molar-refractivity contribution is 7.18. The first-order valence-corrected chi connectivity index (χ1v) is 11.5. The van der Waals surface area contributed by atoms with Crippen LogP contribution in [0.3, 0.4) is 0 Å². The third-order valence-corrected chi connectivity index (χ3v) is 7.52. The zero-order valence-corrected chi connectivity index (χ0v) is 18.0. The second-order valence-corrected chi connectivity index (χ2v) is 9.45. The van der Waals surface area contributed by atoms with E-state index < -0.39 is 0 Å². The van der Waals surface area contributed by atoms with E-state index in [9.17, 15) is 9.59 Å². The normalized spacial score (nSPS) is 21.7. The van der Waals surface area contributed by atoms with Crippen LogP contribution in [0, 0.1) is 5.92 Å². The van der Waals surface area contributed by atoms with Gasteiger partial charge in [-0.15, -0.1) is 11.3 Å². The van der Waals surface area contributed by atoms with Crippen molar-refractivity contribution in [3.05, 3.63) is 64.1 Å². The van der Waals surface area contributed by atoms with Crippen LogP contribution in [0.1, 0.15) is 35.9 Å². The smallest absolute Gasteiger partial charge is 0.228 e. The van der Waals surface area contributed by atoms with Gasteiger partial charge in [-0.1, -0.05) is 41.9 Å². The van der Waals surface area contributed by atoms with Gasteiger partial charge in [0, 0.05) is 31.1 Å². The Bertz CT molecular complexity index is 1080. The summed E-state index contributed by atoms with van der Waals surface area (Å²) in [7, 11) is 0. The average molecular weight is 440 g/mol. The van der Waals surface area contributed by atoms with Crippen LogP contribution in [0.2, 0.25) is 5.02 Å². The number of nitrogens with zero attached hydrogens (tertiary/aromatic N) is 3. The highest BCUT2D eigenvalue weighted by Crippen LogP contribution is 2.38. The van der Waals surface area contributed by atoms with Crippen molar-refractivity contribution in [2.24, 2.45) is 5.92 Å². The van der Waals surface area contributed by atoms with E-state index in [2.05, 4.69) is 6.07 Å². The number of hydrogen-bond acceptors (Lipinski definition) is 4. The van der Waals surface area contributed by atoms with Crippen LogP contribution in [-0.2, 0) is 16.1 Å². The molecule has 0 radical (unpaired) electrons. The lowest BCUT2D eigenvalue weighted by Gasteiger charge is -2.26. The van der Waals surface area contributed by atoms with Crippen molar-refractivity contribution in [1.82, 2.24) is 14.8 Å². The molecule has 154 valence electrons. The molecule has 2 atom stereocenters. The molecule has 2 aliphatic heterocycles. The molecule has 0 aliphatic carbocycles. The summed E-state index contributed by atoms with van der Waals surface area (Å²) in [5, 5.41) is 1.65. The number of para-hydroxylation sites is 1. The number of fused-ring (bicyclic) bond motifs is 1. The number of rotatable bonds is 4. The number of hydrogen-bond donors (Lipinski definition) is 0. The van der Waals surface area contributed by atoms with Crippen LogP contribution < -0.4 is 0 Å². The Hall–Kier alpha value is -2.44. The molecule has 30 heavy (non-hydrogen) atoms. The molecule has 0 spiro atoms. The predicted molar refractivity (Wildman–Crippen MR) is 118 cm³/mol. The summed E-state index contributed by atoms with van der Waals surface area (Å²) in [6, 6.07) is 15.6. The van der Waals surface area contributed by atoms with Gasteiger partial charge in [0.25, 0.3) is 0 Å². The van der Waals surface area contributed by atoms with Crippen molar-refractivity contribution in [2.75, 3.05) is 13.1 Å². The monoisotopic (exact) mass is 439 g/mol. The molecule has 5 rings (SSSR count). The fourth-order valence-electron chi connectivity index (χ4n) is 4.48. The number of carbonyl (C=O) groups is 2. The topological polar surface area (TPSA) is 53.5 Å². The van der Waals surface area contributed by atoms with Gasteiger partial charge >= 0.3 is 0 Å². The molecular formula is C23H22ClN3O2S. The molecule has 0 unspecified atom stereocenters. The fourth-order valence-corrected chi connectivity index (χ4v) is 5.79. The highest BCUT2D eigenvalue weighted by atomic mass is 35.5. The fraction of sp³-hybridized carbons (Fsp3) is 0.348. The molecule has 2 aromatic carbocycles. The number of aromatic nitrogens is 1. The van der Waals surface area contributed by atoms with Gasteiger partial charge in [-0.05, 0) is 36.6 Å². The van der Waals surface area contributed by atoms with Crippen LogP contribution in [0.5, 0.6) is 0 Å². The SMILES string of the molecule is O=C1C[C@@H](C(=O)N2CCC[C@H]2c2nc3ccccc3s2)CN1Cc1ccccc1Cl. The van der Waals surface area contributed by atoms with E-state index in [1.165, 1.54) is 0 Å². The van der Waals surface area contributed by atoms with Crippen molar-refractivity contribution in [3.63, 3.8) is 0 Å². The Morgan fingerprint density at radius 1 is 1.17 bits per heavy atom. The molecule has 2 fully saturated rings. The zero-order chi connectivity index (χ0) is 20.7. The number of halogens is 1. The zero-order valence-electron chi connectivity index (χ0n) is 16.5. The lowest BCUT2D eigenvalue weighted by Crippen LogP contribution is -2.37. The van der Waals surface area contributed by atoms with Crippen molar-refractivity contribution in [3.8, 4) is 0 Å². The lowest BCUT2D eigenvalue weighted by atomic mass is 10.1. The Kier molecular flexibility index (Phi) is 5.21. The maximum atomic E-state index is 13.4. The van der Waals surface area contributed by atoms with Crippen molar-refractivity contribution < 1.29 is 9.59 Å². The molecule has 3 heterocycles. The molecule has 2 amide bonds. The highest BCUT2D eigenvalue weighted by Gasteiger charge is 2.41. The summed E-state index contributed by atoms with van der Waals surface area (Å²) in [6.45, 7) is 1.63. The first-order valence-electron chi connectivity index (χ1n) is 10.3. The van der Waals surface area contributed by atoms with Crippen LogP contribution >= 0.6 is 22.9 Å². The summed E-state index contributed by atoms with van der Waals surface area (Å²) in [5.74, 6) is -0.203. The predicted octanol–water partition coefficient (Wildman–Crippen LogP) is 4.66. The maximum Gasteiger partial charge on any atom is 0.228 e. The quantitative estimate of drug-likeness (QED) is 0.594. The largest absolute Gasteiger partial charge is 0.337 e. The molecule has 0 N–H and O–H groups in total. The Morgan fingerprint density at radius 3 is 2.80 bits per heavy atom. The van der Waals surface area contributed by atoms with E-state index in [0.717, 1.165) is 40.2 Å². The van der Waals surface area contributed by atoms with Gasteiger partial charge in [-0.3, -0.25) is 9.59 Å². The van der Waals surface area contributed by atoms with E-state index in [4.69, 9.17) is 16.6 Å². The maximum absolute atomic E-state index is 13.4. The minimum atomic E-state index is -0.296. The summed E-state index contributed by atoms with van der Waals surface area (Å²) in [4.78, 5) is 34.4. The van der Waals surface area contributed by atoms with Crippen molar-refractivity contribution >= 4 is 45.0 Å². The van der Waals surface area contributed by atoms with Crippen LogP contribution in [0.25, 0.3) is 10.2 Å². The van der Waals surface area contributed by atoms with E-state index in [1.807, 2.05) is 47.4 Å². The Labute approximate surface area is 184 Å². The average Bonchev–Trinajstić information content (AvgIpc) is 3.47. The Balaban J connectivity index is 1.31. The van der Waals surface area contributed by atoms with Gasteiger partial charge in [0.05, 0.1) is 22.2 Å². The number of benzene rings is 2. The van der Waals surface area contributed by atoms with Gasteiger partial charge < -0.3 is 9.80 Å². The van der Waals surface area contributed by atoms with E-state index >= 15 is 0 Å². The van der Waals surface area contributed by atoms with E-state index in [1.54, 1.807) is 16.2 Å². The molecule has 7 heteroatoms. The molecule has 0 saturated carbocycles. The third kappa shape index (κ3) is 3.59. The second kappa shape index (κ2) is 8.00. The number of carbonyl (C=O) groups excluding carboxylic acids is 2. The van der Waals surface area contributed by atoms with Gasteiger partial charge in [0.1, 0.15) is 5.01 Å². The van der Waals surface area contributed by atoms with E-state index in [0.29, 0.717) is 18.1 Å². The minimum Gasteiger partial charge on any atom is -0.337 e. The van der Waals surface area contributed by atoms with Gasteiger partial charge in [0.15, 0.2) is 0 Å². The summed E-state index contributed by atoms with van der Waals surface area (Å²) in [5.41, 5.74) is 1.90. The Morgan fingerprint density at radius 2 is 1.97 bits per heavy atom. The van der Waals surface area contributed by atoms with Crippen molar-refractivity contribution in [2.45, 2.75) is 31.8 Å². The summed E-state index contributed by atoms with van der Waals surface area (Å²) in [6.07, 6.45) is 2.16. The molecule has 5 nitrogen and oxygen atoms in total. The van der Waals surface area contributed by atoms with Gasteiger partial charge in [0.2, 0.25) is 11.8 Å². The van der Waals surface area contributed by atoms with Crippen LogP contribution in [-0.4, -0.2) is 39.7 Å². The molecule has 0 bridgehead atoms. The first-order chi connectivity index (χ1) is 14.6. The second-order valence-electron chi connectivity index (χ2n) is 7.98. The van der Waals surface area contributed by atoms with Gasteiger partial charge in [-0.2, -0.15) is 0 Å².